The van der Waals surface area contributed by atoms with Gasteiger partial charge >= 0.3 is 0 Å². The lowest BCUT2D eigenvalue weighted by Crippen LogP contribution is -2.40. The molecule has 0 N–H and O–H groups in total. The number of hydrogen-bond acceptors (Lipinski definition) is 4. The highest BCUT2D eigenvalue weighted by Crippen LogP contribution is 2.18. The molecule has 1 saturated heterocycles. The predicted octanol–water partition coefficient (Wildman–Crippen LogP) is 2.44. The smallest absolute Gasteiger partial charge is 0.243 e. The molecule has 29 heavy (non-hydrogen) atoms. The third kappa shape index (κ3) is 5.41. The zero-order chi connectivity index (χ0) is 20.9. The first-order chi connectivity index (χ1) is 13.9. The van der Waals surface area contributed by atoms with Crippen molar-refractivity contribution >= 4 is 15.9 Å². The summed E-state index contributed by atoms with van der Waals surface area (Å²) in [5.74, 6) is -0.428. The number of rotatable bonds is 7. The Bertz CT molecular complexity index is 941. The highest BCUT2D eigenvalue weighted by molar-refractivity contribution is 7.89. The summed E-state index contributed by atoms with van der Waals surface area (Å²) in [6.07, 6.45) is 0.749. The van der Waals surface area contributed by atoms with Gasteiger partial charge < -0.3 is 9.64 Å². The Kier molecular flexibility index (Phi) is 7.00. The molecule has 8 heteroatoms. The lowest BCUT2D eigenvalue weighted by Gasteiger charge is -2.26. The number of carbonyl (C=O) groups is 1. The van der Waals surface area contributed by atoms with E-state index in [1.807, 2.05) is 0 Å². The van der Waals surface area contributed by atoms with Gasteiger partial charge in [0.2, 0.25) is 15.9 Å². The first-order valence-electron chi connectivity index (χ1n) is 9.52. The van der Waals surface area contributed by atoms with E-state index >= 15 is 0 Å². The second kappa shape index (κ2) is 9.47. The van der Waals surface area contributed by atoms with Crippen molar-refractivity contribution in [1.82, 2.24) is 9.21 Å². The Balaban J connectivity index is 1.55. The van der Waals surface area contributed by atoms with Crippen molar-refractivity contribution in [2.75, 3.05) is 33.4 Å². The number of hydrogen-bond donors (Lipinski definition) is 0. The molecule has 1 aliphatic rings. The number of sulfonamides is 1. The Morgan fingerprint density at radius 2 is 1.76 bits per heavy atom. The number of aryl methyl sites for hydroxylation is 1. The quantitative estimate of drug-likeness (QED) is 0.690. The molecule has 6 nitrogen and oxygen atoms in total. The predicted molar refractivity (Wildman–Crippen MR) is 107 cm³/mol. The van der Waals surface area contributed by atoms with Gasteiger partial charge in [0.05, 0.1) is 18.1 Å². The molecule has 0 aromatic heterocycles. The summed E-state index contributed by atoms with van der Waals surface area (Å²) >= 11 is 0. The van der Waals surface area contributed by atoms with Crippen LogP contribution in [0.25, 0.3) is 0 Å². The number of nitrogens with zero attached hydrogens (tertiary/aromatic N) is 2. The topological polar surface area (TPSA) is 66.9 Å². The fraction of sp³-hybridized carbons (Fsp3) is 0.381. The molecule has 156 valence electrons. The molecule has 0 unspecified atom stereocenters. The van der Waals surface area contributed by atoms with Crippen LogP contribution < -0.4 is 0 Å². The molecule has 0 spiro atoms. The van der Waals surface area contributed by atoms with Gasteiger partial charge in [0.1, 0.15) is 5.82 Å². The first kappa shape index (κ1) is 21.4. The fourth-order valence-corrected chi connectivity index (χ4v) is 4.58. The van der Waals surface area contributed by atoms with Crippen LogP contribution in [-0.4, -0.2) is 56.9 Å². The van der Waals surface area contributed by atoms with E-state index in [1.165, 1.54) is 15.3 Å². The molecule has 0 radical (unpaired) electrons. The van der Waals surface area contributed by atoms with E-state index in [0.717, 1.165) is 5.56 Å². The third-order valence-corrected chi connectivity index (χ3v) is 6.86. The van der Waals surface area contributed by atoms with Gasteiger partial charge in [-0.2, -0.15) is 4.31 Å². The van der Waals surface area contributed by atoms with Crippen LogP contribution in [0.15, 0.2) is 53.4 Å². The molecule has 1 fully saturated rings. The molecule has 2 aromatic carbocycles. The third-order valence-electron chi connectivity index (χ3n) is 4.95. The average molecular weight is 421 g/mol. The van der Waals surface area contributed by atoms with E-state index in [1.54, 1.807) is 49.5 Å². The van der Waals surface area contributed by atoms with Crippen LogP contribution in [-0.2, 0) is 32.5 Å². The standard InChI is InChI=1S/C21H25FN2O4S/c1-23(16-18-4-2-3-5-20(18)22)21(25)11-8-17-6-9-19(10-7-17)29(26,27)24-12-14-28-15-13-24/h2-7,9-10H,8,11-16H2,1H3. The van der Waals surface area contributed by atoms with Crippen LogP contribution in [0.4, 0.5) is 4.39 Å². The van der Waals surface area contributed by atoms with Crippen LogP contribution >= 0.6 is 0 Å². The van der Waals surface area contributed by atoms with Gasteiger partial charge in [-0.3, -0.25) is 4.79 Å². The Labute approximate surface area is 170 Å². The van der Waals surface area contributed by atoms with Crippen molar-refractivity contribution in [2.45, 2.75) is 24.3 Å². The van der Waals surface area contributed by atoms with Gasteiger partial charge in [-0.15, -0.1) is 0 Å². The highest BCUT2D eigenvalue weighted by atomic mass is 32.2. The second-order valence-corrected chi connectivity index (χ2v) is 8.94. The summed E-state index contributed by atoms with van der Waals surface area (Å²) in [5, 5.41) is 0. The summed E-state index contributed by atoms with van der Waals surface area (Å²) in [6.45, 7) is 1.72. The van der Waals surface area contributed by atoms with Crippen molar-refractivity contribution in [2.24, 2.45) is 0 Å². The molecule has 1 amide bonds. The minimum absolute atomic E-state index is 0.0988. The molecule has 2 aromatic rings. The average Bonchev–Trinajstić information content (AvgIpc) is 2.74. The minimum atomic E-state index is -3.52. The van der Waals surface area contributed by atoms with Gasteiger partial charge in [-0.1, -0.05) is 30.3 Å². The second-order valence-electron chi connectivity index (χ2n) is 7.00. The van der Waals surface area contributed by atoms with E-state index in [0.29, 0.717) is 38.3 Å². The van der Waals surface area contributed by atoms with Crippen LogP contribution in [0, 0.1) is 5.82 Å². The number of halogens is 1. The van der Waals surface area contributed by atoms with E-state index in [9.17, 15) is 17.6 Å². The van der Waals surface area contributed by atoms with Crippen molar-refractivity contribution < 1.29 is 22.3 Å². The number of morpholine rings is 1. The van der Waals surface area contributed by atoms with Crippen LogP contribution in [0.3, 0.4) is 0 Å². The van der Waals surface area contributed by atoms with E-state index < -0.39 is 10.0 Å². The number of amides is 1. The monoisotopic (exact) mass is 420 g/mol. The van der Waals surface area contributed by atoms with Crippen LogP contribution in [0.2, 0.25) is 0 Å². The number of ether oxygens (including phenoxy) is 1. The zero-order valence-corrected chi connectivity index (χ0v) is 17.2. The maximum atomic E-state index is 13.7. The minimum Gasteiger partial charge on any atom is -0.379 e. The van der Waals surface area contributed by atoms with Crippen molar-refractivity contribution in [3.05, 3.63) is 65.5 Å². The molecule has 0 atom stereocenters. The molecular weight excluding hydrogens is 395 g/mol. The van der Waals surface area contributed by atoms with Crippen molar-refractivity contribution in [3.8, 4) is 0 Å². The SMILES string of the molecule is CN(Cc1ccccc1F)C(=O)CCc1ccc(S(=O)(=O)N2CCOCC2)cc1. The largest absolute Gasteiger partial charge is 0.379 e. The van der Waals surface area contributed by atoms with Crippen LogP contribution in [0.5, 0.6) is 0 Å². The van der Waals surface area contributed by atoms with Gasteiger partial charge in [-0.05, 0) is 30.2 Å². The summed E-state index contributed by atoms with van der Waals surface area (Å²) in [7, 11) is -1.87. The Morgan fingerprint density at radius 1 is 1.10 bits per heavy atom. The van der Waals surface area contributed by atoms with Gasteiger partial charge in [-0.25, -0.2) is 12.8 Å². The van der Waals surface area contributed by atoms with Gasteiger partial charge in [0, 0.05) is 38.7 Å². The Hall–Kier alpha value is -2.29. The van der Waals surface area contributed by atoms with Gasteiger partial charge in [0.15, 0.2) is 0 Å². The summed E-state index contributed by atoms with van der Waals surface area (Å²) in [4.78, 5) is 14.1. The molecule has 0 bridgehead atoms. The number of benzene rings is 2. The van der Waals surface area contributed by atoms with Gasteiger partial charge in [0.25, 0.3) is 0 Å². The van der Waals surface area contributed by atoms with Crippen LogP contribution in [0.1, 0.15) is 17.5 Å². The molecule has 1 heterocycles. The number of carbonyl (C=O) groups excluding carboxylic acids is 1. The maximum Gasteiger partial charge on any atom is 0.243 e. The lowest BCUT2D eigenvalue weighted by molar-refractivity contribution is -0.130. The first-order valence-corrected chi connectivity index (χ1v) is 11.0. The van der Waals surface area contributed by atoms with E-state index in [2.05, 4.69) is 0 Å². The molecule has 0 saturated carbocycles. The van der Waals surface area contributed by atoms with Crippen molar-refractivity contribution in [3.63, 3.8) is 0 Å². The molecule has 3 rings (SSSR count). The highest BCUT2D eigenvalue weighted by Gasteiger charge is 2.26. The summed E-state index contributed by atoms with van der Waals surface area (Å²) in [6, 6.07) is 13.0. The summed E-state index contributed by atoms with van der Waals surface area (Å²) < 4.78 is 45.6. The van der Waals surface area contributed by atoms with E-state index in [4.69, 9.17) is 4.74 Å². The molecular formula is C21H25FN2O4S. The molecule has 0 aliphatic carbocycles. The Morgan fingerprint density at radius 3 is 2.41 bits per heavy atom. The van der Waals surface area contributed by atoms with E-state index in [-0.39, 0.29) is 29.6 Å². The lowest BCUT2D eigenvalue weighted by atomic mass is 10.1. The fourth-order valence-electron chi connectivity index (χ4n) is 3.18. The zero-order valence-electron chi connectivity index (χ0n) is 16.4. The normalized spacial score (nSPS) is 15.2. The molecule has 1 aliphatic heterocycles. The summed E-state index contributed by atoms with van der Waals surface area (Å²) in [5.41, 5.74) is 1.35. The maximum absolute atomic E-state index is 13.7. The van der Waals surface area contributed by atoms with Crippen molar-refractivity contribution in [1.29, 1.82) is 0 Å².